The zero-order valence-electron chi connectivity index (χ0n) is 15.8. The topological polar surface area (TPSA) is 73.9 Å². The second-order valence-electron chi connectivity index (χ2n) is 6.58. The fraction of sp³-hybridized carbons (Fsp3) is 0.500. The van der Waals surface area contributed by atoms with E-state index in [1.165, 1.54) is 14.2 Å². The smallest absolute Gasteiger partial charge is 0.334 e. The zero-order valence-corrected chi connectivity index (χ0v) is 15.8. The molecular formula is C20H27NO5. The molecule has 1 saturated heterocycles. The van der Waals surface area contributed by atoms with Crippen molar-refractivity contribution in [3.63, 3.8) is 0 Å². The summed E-state index contributed by atoms with van der Waals surface area (Å²) in [6.07, 6.45) is 1.48. The minimum Gasteiger partial charge on any atom is -0.489 e. The van der Waals surface area contributed by atoms with Gasteiger partial charge in [-0.1, -0.05) is 26.0 Å². The Kier molecular flexibility index (Phi) is 7.21. The highest BCUT2D eigenvalue weighted by molar-refractivity contribution is 6.00. The maximum Gasteiger partial charge on any atom is 0.334 e. The Bertz CT molecular complexity index is 657. The molecule has 6 heteroatoms. The van der Waals surface area contributed by atoms with Crippen molar-refractivity contribution in [3.05, 3.63) is 41.0 Å². The van der Waals surface area contributed by atoms with Crippen molar-refractivity contribution in [2.45, 2.75) is 32.8 Å². The number of methoxy groups -OCH3 is 2. The first kappa shape index (κ1) is 20.0. The maximum absolute atomic E-state index is 12.3. The number of hydrogen-bond donors (Lipinski definition) is 1. The number of nitrogens with one attached hydrogen (secondary N) is 1. The fourth-order valence-electron chi connectivity index (χ4n) is 3.03. The highest BCUT2D eigenvalue weighted by Crippen LogP contribution is 2.23. The molecule has 26 heavy (non-hydrogen) atoms. The van der Waals surface area contributed by atoms with Crippen LogP contribution in [0.25, 0.3) is 0 Å². The number of carbonyl (C=O) groups is 2. The minimum absolute atomic E-state index is 0.158. The molecule has 0 aliphatic carbocycles. The van der Waals surface area contributed by atoms with Gasteiger partial charge in [0.2, 0.25) is 0 Å². The summed E-state index contributed by atoms with van der Waals surface area (Å²) in [5.74, 6) is -0.386. The molecule has 0 bridgehead atoms. The van der Waals surface area contributed by atoms with Gasteiger partial charge in [0, 0.05) is 13.0 Å². The largest absolute Gasteiger partial charge is 0.489 e. The number of esters is 2. The van der Waals surface area contributed by atoms with E-state index in [1.54, 1.807) is 0 Å². The molecule has 1 unspecified atom stereocenters. The van der Waals surface area contributed by atoms with Crippen LogP contribution < -0.4 is 10.1 Å². The van der Waals surface area contributed by atoms with Gasteiger partial charge in [0.15, 0.2) is 0 Å². The normalized spacial score (nSPS) is 17.7. The van der Waals surface area contributed by atoms with E-state index in [0.717, 1.165) is 30.8 Å². The van der Waals surface area contributed by atoms with Gasteiger partial charge in [-0.25, -0.2) is 9.59 Å². The number of rotatable bonds is 7. The number of hydrogen-bond acceptors (Lipinski definition) is 6. The second-order valence-corrected chi connectivity index (χ2v) is 6.58. The maximum atomic E-state index is 12.3. The quantitative estimate of drug-likeness (QED) is 0.593. The van der Waals surface area contributed by atoms with Gasteiger partial charge in [-0.2, -0.15) is 0 Å². The molecule has 1 aliphatic rings. The molecule has 0 spiro atoms. The standard InChI is InChI=1S/C20H27NO5/c1-13(2)18(20(23)25-4)17(19(22)24-3)11-14-5-7-15(8-6-14)26-16-9-10-21-12-16/h5-8,13,16,21H,9-12H2,1-4H3. The molecule has 1 heterocycles. The van der Waals surface area contributed by atoms with Crippen LogP contribution in [0, 0.1) is 5.92 Å². The summed E-state index contributed by atoms with van der Waals surface area (Å²) in [4.78, 5) is 24.4. The van der Waals surface area contributed by atoms with E-state index in [9.17, 15) is 9.59 Å². The first-order chi connectivity index (χ1) is 12.5. The van der Waals surface area contributed by atoms with Gasteiger partial charge < -0.3 is 19.5 Å². The third-order valence-corrected chi connectivity index (χ3v) is 4.36. The van der Waals surface area contributed by atoms with E-state index in [-0.39, 0.29) is 12.0 Å². The highest BCUT2D eigenvalue weighted by Gasteiger charge is 2.25. The van der Waals surface area contributed by atoms with Crippen LogP contribution in [-0.2, 0) is 25.5 Å². The monoisotopic (exact) mass is 361 g/mol. The van der Waals surface area contributed by atoms with Crippen molar-refractivity contribution >= 4 is 11.9 Å². The molecule has 0 aromatic heterocycles. The summed E-state index contributed by atoms with van der Waals surface area (Å²) in [7, 11) is 2.62. The lowest BCUT2D eigenvalue weighted by atomic mass is 9.93. The number of carbonyl (C=O) groups excluding carboxylic acids is 2. The first-order valence-corrected chi connectivity index (χ1v) is 8.82. The van der Waals surface area contributed by atoms with Crippen molar-refractivity contribution < 1.29 is 23.8 Å². The van der Waals surface area contributed by atoms with Gasteiger partial charge in [-0.15, -0.1) is 0 Å². The molecular weight excluding hydrogens is 334 g/mol. The molecule has 142 valence electrons. The minimum atomic E-state index is -0.517. The third-order valence-electron chi connectivity index (χ3n) is 4.36. The van der Waals surface area contributed by atoms with Crippen LogP contribution >= 0.6 is 0 Å². The van der Waals surface area contributed by atoms with Gasteiger partial charge in [-0.3, -0.25) is 0 Å². The average Bonchev–Trinajstić information content (AvgIpc) is 3.14. The van der Waals surface area contributed by atoms with Gasteiger partial charge in [-0.05, 0) is 36.6 Å². The molecule has 1 N–H and O–H groups in total. The summed E-state index contributed by atoms with van der Waals surface area (Å²) in [5.41, 5.74) is 1.56. The fourth-order valence-corrected chi connectivity index (χ4v) is 3.03. The van der Waals surface area contributed by atoms with Crippen molar-refractivity contribution in [2.24, 2.45) is 5.92 Å². The van der Waals surface area contributed by atoms with E-state index >= 15 is 0 Å². The predicted octanol–water partition coefficient (Wildman–Crippen LogP) is 2.27. The number of ether oxygens (including phenoxy) is 3. The zero-order chi connectivity index (χ0) is 19.1. The van der Waals surface area contributed by atoms with E-state index in [2.05, 4.69) is 5.32 Å². The van der Waals surface area contributed by atoms with Crippen molar-refractivity contribution in [2.75, 3.05) is 27.3 Å². The Morgan fingerprint density at radius 2 is 1.77 bits per heavy atom. The summed E-state index contributed by atoms with van der Waals surface area (Å²) in [5, 5.41) is 3.26. The van der Waals surface area contributed by atoms with Crippen LogP contribution in [0.2, 0.25) is 0 Å². The second kappa shape index (κ2) is 9.38. The van der Waals surface area contributed by atoms with Crippen LogP contribution in [-0.4, -0.2) is 45.4 Å². The average molecular weight is 361 g/mol. The van der Waals surface area contributed by atoms with Gasteiger partial charge in [0.25, 0.3) is 0 Å². The third kappa shape index (κ3) is 5.08. The Labute approximate surface area is 154 Å². The molecule has 1 aromatic rings. The Balaban J connectivity index is 2.22. The molecule has 1 fully saturated rings. The molecule has 1 aromatic carbocycles. The van der Waals surface area contributed by atoms with Crippen LogP contribution in [0.1, 0.15) is 25.8 Å². The molecule has 0 amide bonds. The molecule has 2 rings (SSSR count). The van der Waals surface area contributed by atoms with Gasteiger partial charge in [0.1, 0.15) is 11.9 Å². The molecule has 1 aliphatic heterocycles. The Morgan fingerprint density at radius 3 is 2.27 bits per heavy atom. The van der Waals surface area contributed by atoms with Crippen molar-refractivity contribution in [3.8, 4) is 5.75 Å². The lowest BCUT2D eigenvalue weighted by molar-refractivity contribution is -0.139. The van der Waals surface area contributed by atoms with Crippen LogP contribution in [0.3, 0.4) is 0 Å². The molecule has 0 radical (unpaired) electrons. The summed E-state index contributed by atoms with van der Waals surface area (Å²) < 4.78 is 15.6. The van der Waals surface area contributed by atoms with E-state index in [0.29, 0.717) is 17.6 Å². The summed E-state index contributed by atoms with van der Waals surface area (Å²) >= 11 is 0. The predicted molar refractivity (Wildman–Crippen MR) is 97.9 cm³/mol. The molecule has 0 saturated carbocycles. The van der Waals surface area contributed by atoms with Crippen LogP contribution in [0.15, 0.2) is 35.4 Å². The lowest BCUT2D eigenvalue weighted by Crippen LogP contribution is -2.20. The van der Waals surface area contributed by atoms with E-state index in [1.807, 2.05) is 38.1 Å². The molecule has 6 nitrogen and oxygen atoms in total. The lowest BCUT2D eigenvalue weighted by Gasteiger charge is -2.16. The van der Waals surface area contributed by atoms with Crippen molar-refractivity contribution in [1.29, 1.82) is 0 Å². The SMILES string of the molecule is COC(=O)C(Cc1ccc(OC2CCNC2)cc1)=C(C(=O)OC)C(C)C. The highest BCUT2D eigenvalue weighted by atomic mass is 16.5. The van der Waals surface area contributed by atoms with E-state index in [4.69, 9.17) is 14.2 Å². The van der Waals surface area contributed by atoms with Crippen LogP contribution in [0.4, 0.5) is 0 Å². The van der Waals surface area contributed by atoms with E-state index < -0.39 is 11.9 Å². The van der Waals surface area contributed by atoms with Gasteiger partial charge in [0.05, 0.1) is 25.4 Å². The molecule has 1 atom stereocenters. The summed E-state index contributed by atoms with van der Waals surface area (Å²) in [6.45, 7) is 5.53. The first-order valence-electron chi connectivity index (χ1n) is 8.82. The Hall–Kier alpha value is -2.34. The van der Waals surface area contributed by atoms with Crippen LogP contribution in [0.5, 0.6) is 5.75 Å². The number of benzene rings is 1. The van der Waals surface area contributed by atoms with Gasteiger partial charge >= 0.3 is 11.9 Å². The van der Waals surface area contributed by atoms with Crippen molar-refractivity contribution in [1.82, 2.24) is 5.32 Å². The summed E-state index contributed by atoms with van der Waals surface area (Å²) in [6, 6.07) is 7.57. The Morgan fingerprint density at radius 1 is 1.12 bits per heavy atom.